The molecule has 1 fully saturated rings. The maximum absolute atomic E-state index is 6.38. The minimum absolute atomic E-state index is 0.00928. The Bertz CT molecular complexity index is 690. The minimum Gasteiger partial charge on any atom is -0.490 e. The van der Waals surface area contributed by atoms with Crippen LogP contribution < -0.4 is 10.2 Å². The fraction of sp³-hybridized carbons (Fsp3) is 0.652. The van der Waals surface area contributed by atoms with E-state index in [-0.39, 0.29) is 10.8 Å². The van der Waals surface area contributed by atoms with E-state index in [2.05, 4.69) is 87.9 Å². The smallest absolute Gasteiger partial charge is 0.490 e. The van der Waals surface area contributed by atoms with Crippen molar-refractivity contribution in [2.45, 2.75) is 91.3 Å². The fourth-order valence-electron chi connectivity index (χ4n) is 3.09. The van der Waals surface area contributed by atoms with Gasteiger partial charge in [-0.1, -0.05) is 66.3 Å². The van der Waals surface area contributed by atoms with Crippen LogP contribution in [0.3, 0.4) is 0 Å². The molecule has 150 valence electrons. The van der Waals surface area contributed by atoms with Crippen molar-refractivity contribution in [3.63, 3.8) is 0 Å². The van der Waals surface area contributed by atoms with Gasteiger partial charge in [0, 0.05) is 5.46 Å². The number of rotatable bonds is 4. The monoisotopic (exact) mass is 372 g/mol. The van der Waals surface area contributed by atoms with Crippen LogP contribution >= 0.6 is 0 Å². The lowest BCUT2D eigenvalue weighted by Crippen LogP contribution is -2.41. The summed E-state index contributed by atoms with van der Waals surface area (Å²) in [4.78, 5) is 0. The number of hydrogen-bond acceptors (Lipinski definition) is 3. The summed E-state index contributed by atoms with van der Waals surface area (Å²) in [6.45, 7) is 25.9. The first-order valence-electron chi connectivity index (χ1n) is 9.88. The van der Waals surface area contributed by atoms with Gasteiger partial charge in [0.15, 0.2) is 0 Å². The lowest BCUT2D eigenvalue weighted by Gasteiger charge is -2.32. The second-order valence-corrected chi connectivity index (χ2v) is 10.6. The Kier molecular flexibility index (Phi) is 5.69. The topological polar surface area (TPSA) is 27.7 Å². The van der Waals surface area contributed by atoms with Gasteiger partial charge >= 0.3 is 7.12 Å². The molecule has 1 saturated heterocycles. The van der Waals surface area contributed by atoms with Crippen molar-refractivity contribution in [3.8, 4) is 5.75 Å². The average molecular weight is 372 g/mol. The number of hydrogen-bond donors (Lipinski definition) is 0. The zero-order chi connectivity index (χ0) is 20.8. The lowest BCUT2D eigenvalue weighted by atomic mass is 9.70. The largest absolute Gasteiger partial charge is 0.498 e. The molecule has 3 nitrogen and oxygen atoms in total. The third-order valence-electron chi connectivity index (χ3n) is 5.64. The van der Waals surface area contributed by atoms with Crippen LogP contribution in [0.4, 0.5) is 0 Å². The van der Waals surface area contributed by atoms with Crippen LogP contribution in [0.1, 0.15) is 80.4 Å². The molecule has 1 heterocycles. The second-order valence-electron chi connectivity index (χ2n) is 10.6. The summed E-state index contributed by atoms with van der Waals surface area (Å²) in [6, 6.07) is 4.46. The highest BCUT2D eigenvalue weighted by molar-refractivity contribution is 6.63. The zero-order valence-electron chi connectivity index (χ0n) is 18.9. The van der Waals surface area contributed by atoms with Crippen molar-refractivity contribution >= 4 is 12.6 Å². The Balaban J connectivity index is 2.71. The Hall–Kier alpha value is -1.26. The molecule has 1 aliphatic heterocycles. The SMILES string of the molecule is C=CCOc1c(B2OC(C)(C)C(C)(C)O2)cc(C(C)(C)C)cc1C(C)(C)C. The van der Waals surface area contributed by atoms with E-state index in [0.29, 0.717) is 6.61 Å². The van der Waals surface area contributed by atoms with Crippen LogP contribution in [-0.2, 0) is 20.1 Å². The maximum Gasteiger partial charge on any atom is 0.498 e. The Labute approximate surface area is 166 Å². The first kappa shape index (κ1) is 22.0. The average Bonchev–Trinajstić information content (AvgIpc) is 2.70. The van der Waals surface area contributed by atoms with Crippen molar-refractivity contribution < 1.29 is 14.0 Å². The van der Waals surface area contributed by atoms with Gasteiger partial charge in [0.2, 0.25) is 0 Å². The summed E-state index contributed by atoms with van der Waals surface area (Å²) in [5.74, 6) is 0.855. The number of ether oxygens (including phenoxy) is 1. The van der Waals surface area contributed by atoms with Crippen LogP contribution in [0.2, 0.25) is 0 Å². The van der Waals surface area contributed by atoms with E-state index in [1.807, 2.05) is 0 Å². The van der Waals surface area contributed by atoms with Gasteiger partial charge in [-0.3, -0.25) is 0 Å². The van der Waals surface area contributed by atoms with Crippen LogP contribution in [0.5, 0.6) is 5.75 Å². The van der Waals surface area contributed by atoms with Gasteiger partial charge in [-0.2, -0.15) is 0 Å². The molecule has 27 heavy (non-hydrogen) atoms. The van der Waals surface area contributed by atoms with E-state index >= 15 is 0 Å². The molecule has 0 unspecified atom stereocenters. The molecular formula is C23H37BO3. The molecule has 0 aromatic heterocycles. The molecule has 0 radical (unpaired) electrons. The maximum atomic E-state index is 6.38. The predicted molar refractivity (Wildman–Crippen MR) is 115 cm³/mol. The minimum atomic E-state index is -0.460. The molecular weight excluding hydrogens is 335 g/mol. The molecule has 0 amide bonds. The van der Waals surface area contributed by atoms with Gasteiger partial charge in [0.25, 0.3) is 0 Å². The highest BCUT2D eigenvalue weighted by atomic mass is 16.7. The summed E-state index contributed by atoms with van der Waals surface area (Å²) in [5, 5.41) is 0. The van der Waals surface area contributed by atoms with E-state index in [9.17, 15) is 0 Å². The van der Waals surface area contributed by atoms with Gasteiger partial charge < -0.3 is 14.0 Å². The van der Waals surface area contributed by atoms with Crippen molar-refractivity contribution in [3.05, 3.63) is 35.9 Å². The molecule has 1 aromatic rings. The molecule has 1 aromatic carbocycles. The van der Waals surface area contributed by atoms with Crippen LogP contribution in [0, 0.1) is 0 Å². The van der Waals surface area contributed by atoms with Gasteiger partial charge in [-0.25, -0.2) is 0 Å². The van der Waals surface area contributed by atoms with Crippen molar-refractivity contribution in [2.24, 2.45) is 0 Å². The molecule has 1 aliphatic rings. The first-order valence-corrected chi connectivity index (χ1v) is 9.88. The van der Waals surface area contributed by atoms with Gasteiger partial charge in [0.05, 0.1) is 11.2 Å². The summed E-state index contributed by atoms with van der Waals surface area (Å²) in [6.07, 6.45) is 1.78. The molecule has 0 N–H and O–H groups in total. The fourth-order valence-corrected chi connectivity index (χ4v) is 3.09. The quantitative estimate of drug-likeness (QED) is 0.541. The highest BCUT2D eigenvalue weighted by Crippen LogP contribution is 2.40. The van der Waals surface area contributed by atoms with Gasteiger partial charge in [0.1, 0.15) is 12.4 Å². The first-order chi connectivity index (χ1) is 12.1. The van der Waals surface area contributed by atoms with Gasteiger partial charge in [-0.05, 0) is 49.7 Å². The molecule has 4 heteroatoms. The predicted octanol–water partition coefficient (Wildman–Crippen LogP) is 5.15. The summed E-state index contributed by atoms with van der Waals surface area (Å²) in [5.41, 5.74) is 2.53. The van der Waals surface area contributed by atoms with Gasteiger partial charge in [-0.15, -0.1) is 0 Å². The number of benzene rings is 1. The summed E-state index contributed by atoms with van der Waals surface area (Å²) >= 11 is 0. The zero-order valence-corrected chi connectivity index (χ0v) is 18.9. The Morgan fingerprint density at radius 1 is 0.963 bits per heavy atom. The summed E-state index contributed by atoms with van der Waals surface area (Å²) in [7, 11) is -0.460. The molecule has 0 saturated carbocycles. The molecule has 0 atom stereocenters. The third kappa shape index (κ3) is 4.43. The normalized spacial score (nSPS) is 19.3. The Morgan fingerprint density at radius 3 is 1.89 bits per heavy atom. The Morgan fingerprint density at radius 2 is 1.48 bits per heavy atom. The molecule has 2 rings (SSSR count). The highest BCUT2D eigenvalue weighted by Gasteiger charge is 2.53. The molecule has 0 bridgehead atoms. The van der Waals surface area contributed by atoms with E-state index in [1.165, 1.54) is 11.1 Å². The van der Waals surface area contributed by atoms with Crippen molar-refractivity contribution in [2.75, 3.05) is 6.61 Å². The standard InChI is InChI=1S/C23H37BO3/c1-12-13-25-19-17(21(5,6)7)14-16(20(2,3)4)15-18(19)24-26-22(8,9)23(10,11)27-24/h12,14-15H,1,13H2,2-11H3. The summed E-state index contributed by atoms with van der Waals surface area (Å²) < 4.78 is 18.9. The molecule has 0 aliphatic carbocycles. The van der Waals surface area contributed by atoms with E-state index in [1.54, 1.807) is 6.08 Å². The van der Waals surface area contributed by atoms with Crippen LogP contribution in [-0.4, -0.2) is 24.9 Å². The lowest BCUT2D eigenvalue weighted by molar-refractivity contribution is 0.00578. The van der Waals surface area contributed by atoms with E-state index in [4.69, 9.17) is 14.0 Å². The second kappa shape index (κ2) is 6.97. The molecule has 0 spiro atoms. The van der Waals surface area contributed by atoms with E-state index < -0.39 is 18.3 Å². The van der Waals surface area contributed by atoms with Crippen LogP contribution in [0.15, 0.2) is 24.8 Å². The van der Waals surface area contributed by atoms with Crippen LogP contribution in [0.25, 0.3) is 0 Å². The van der Waals surface area contributed by atoms with Crippen molar-refractivity contribution in [1.82, 2.24) is 0 Å². The third-order valence-corrected chi connectivity index (χ3v) is 5.64. The van der Waals surface area contributed by atoms with E-state index in [0.717, 1.165) is 11.2 Å². The van der Waals surface area contributed by atoms with Crippen molar-refractivity contribution in [1.29, 1.82) is 0 Å².